The quantitative estimate of drug-likeness (QED) is 0.681. The van der Waals surface area contributed by atoms with E-state index in [9.17, 15) is 0 Å². The molecule has 0 aromatic carbocycles. The molecule has 1 unspecified atom stereocenters. The van der Waals surface area contributed by atoms with E-state index in [-0.39, 0.29) is 0 Å². The smallest absolute Gasteiger partial charge is 0.323 e. The van der Waals surface area contributed by atoms with Crippen LogP contribution in [0.3, 0.4) is 0 Å². The number of likely N-dealkylation sites (N-methyl/N-ethyl adjacent to an activating group) is 1. The molecule has 1 aromatic rings. The minimum atomic E-state index is 0.370. The van der Waals surface area contributed by atoms with E-state index in [2.05, 4.69) is 27.0 Å². The van der Waals surface area contributed by atoms with Gasteiger partial charge in [-0.1, -0.05) is 5.16 Å². The molecule has 1 spiro atoms. The fourth-order valence-electron chi connectivity index (χ4n) is 2.92. The molecule has 3 rings (SSSR count). The van der Waals surface area contributed by atoms with E-state index in [4.69, 9.17) is 4.52 Å². The van der Waals surface area contributed by atoms with E-state index in [0.717, 1.165) is 13.1 Å². The van der Waals surface area contributed by atoms with Gasteiger partial charge in [-0.25, -0.2) is 0 Å². The Morgan fingerprint density at radius 2 is 2.33 bits per heavy atom. The Morgan fingerprint density at radius 1 is 1.40 bits per heavy atom. The third-order valence-corrected chi connectivity index (χ3v) is 3.90. The molecule has 0 saturated carbocycles. The Bertz CT molecular complexity index is 339. The molecule has 0 N–H and O–H groups in total. The first-order valence-corrected chi connectivity index (χ1v) is 5.53. The highest BCUT2D eigenvalue weighted by Crippen LogP contribution is 2.37. The molecule has 0 bridgehead atoms. The fourth-order valence-corrected chi connectivity index (χ4v) is 2.92. The van der Waals surface area contributed by atoms with Gasteiger partial charge in [0.2, 0.25) is 0 Å². The third-order valence-electron chi connectivity index (χ3n) is 3.90. The van der Waals surface area contributed by atoms with E-state index in [1.54, 1.807) is 0 Å². The summed E-state index contributed by atoms with van der Waals surface area (Å²) in [5.74, 6) is 0. The lowest BCUT2D eigenvalue weighted by molar-refractivity contribution is 0.197. The number of hydrogen-bond acceptors (Lipinski definition) is 5. The summed E-state index contributed by atoms with van der Waals surface area (Å²) < 4.78 is 5.10. The highest BCUT2D eigenvalue weighted by molar-refractivity contribution is 5.30. The lowest BCUT2D eigenvalue weighted by Crippen LogP contribution is -2.43. The van der Waals surface area contributed by atoms with Crippen molar-refractivity contribution in [3.05, 3.63) is 6.33 Å². The van der Waals surface area contributed by atoms with Crippen molar-refractivity contribution in [3.8, 4) is 0 Å². The summed E-state index contributed by atoms with van der Waals surface area (Å²) in [5.41, 5.74) is 0.370. The molecule has 15 heavy (non-hydrogen) atoms. The number of aromatic nitrogens is 2. The first-order valence-electron chi connectivity index (χ1n) is 5.53. The minimum absolute atomic E-state index is 0.370. The van der Waals surface area contributed by atoms with Gasteiger partial charge in [0, 0.05) is 18.6 Å². The molecule has 5 heteroatoms. The van der Waals surface area contributed by atoms with E-state index in [0.29, 0.717) is 11.6 Å². The van der Waals surface area contributed by atoms with Crippen molar-refractivity contribution in [1.29, 1.82) is 0 Å². The number of nitrogens with zero attached hydrogens (tertiary/aromatic N) is 4. The summed E-state index contributed by atoms with van der Waals surface area (Å²) in [6.45, 7) is 3.29. The van der Waals surface area contributed by atoms with Crippen LogP contribution in [0, 0.1) is 0 Å². The summed E-state index contributed by atoms with van der Waals surface area (Å²) in [6, 6.07) is 0.673. The molecular weight excluding hydrogens is 192 g/mol. The van der Waals surface area contributed by atoms with Crippen LogP contribution < -0.4 is 4.90 Å². The Morgan fingerprint density at radius 3 is 3.00 bits per heavy atom. The summed E-state index contributed by atoms with van der Waals surface area (Å²) in [4.78, 5) is 8.80. The van der Waals surface area contributed by atoms with Gasteiger partial charge in [-0.05, 0) is 32.9 Å². The van der Waals surface area contributed by atoms with E-state index < -0.39 is 0 Å². The Kier molecular flexibility index (Phi) is 1.95. The number of rotatable bonds is 1. The molecule has 2 aliphatic heterocycles. The predicted octanol–water partition coefficient (Wildman–Crippen LogP) is 0.744. The van der Waals surface area contributed by atoms with Crippen molar-refractivity contribution < 1.29 is 4.52 Å². The predicted molar refractivity (Wildman–Crippen MR) is 55.7 cm³/mol. The van der Waals surface area contributed by atoms with Crippen molar-refractivity contribution in [3.63, 3.8) is 0 Å². The standard InChI is InChI=1S/C10H16N4O/c1-13-5-2-3-10(13)4-6-14(7-10)9-11-8-12-15-9/h8H,2-7H2,1H3. The Labute approximate surface area is 89.0 Å². The molecule has 2 aliphatic rings. The van der Waals surface area contributed by atoms with Gasteiger partial charge in [0.05, 0.1) is 0 Å². The van der Waals surface area contributed by atoms with E-state index in [1.807, 2.05) is 0 Å². The van der Waals surface area contributed by atoms with Crippen molar-refractivity contribution in [2.75, 3.05) is 31.6 Å². The molecule has 0 aliphatic carbocycles. The minimum Gasteiger partial charge on any atom is -0.323 e. The highest BCUT2D eigenvalue weighted by atomic mass is 16.5. The zero-order valence-electron chi connectivity index (χ0n) is 9.02. The zero-order chi connectivity index (χ0) is 10.3. The first-order chi connectivity index (χ1) is 7.30. The summed E-state index contributed by atoms with van der Waals surface area (Å²) >= 11 is 0. The maximum absolute atomic E-state index is 5.10. The Balaban J connectivity index is 1.78. The second-order valence-corrected chi connectivity index (χ2v) is 4.64. The summed E-state index contributed by atoms with van der Waals surface area (Å²) in [6.07, 6.45) is 5.30. The SMILES string of the molecule is CN1CCCC12CCN(c1ncno1)C2. The fraction of sp³-hybridized carbons (Fsp3) is 0.800. The Hall–Kier alpha value is -1.10. The molecule has 1 aromatic heterocycles. The van der Waals surface area contributed by atoms with Gasteiger partial charge in [0.1, 0.15) is 0 Å². The van der Waals surface area contributed by atoms with Crippen molar-refractivity contribution in [2.45, 2.75) is 24.8 Å². The topological polar surface area (TPSA) is 45.4 Å². The zero-order valence-corrected chi connectivity index (χ0v) is 9.02. The number of hydrogen-bond donors (Lipinski definition) is 0. The monoisotopic (exact) mass is 208 g/mol. The van der Waals surface area contributed by atoms with Crippen molar-refractivity contribution in [1.82, 2.24) is 15.0 Å². The van der Waals surface area contributed by atoms with Gasteiger partial charge in [-0.15, -0.1) is 0 Å². The molecule has 82 valence electrons. The molecule has 0 amide bonds. The van der Waals surface area contributed by atoms with Gasteiger partial charge in [0.15, 0.2) is 6.33 Å². The molecule has 2 fully saturated rings. The lowest BCUT2D eigenvalue weighted by atomic mass is 9.96. The average molecular weight is 208 g/mol. The lowest BCUT2D eigenvalue weighted by Gasteiger charge is -2.31. The van der Waals surface area contributed by atoms with Crippen LogP contribution in [0.25, 0.3) is 0 Å². The summed E-state index contributed by atoms with van der Waals surface area (Å²) in [7, 11) is 2.23. The van der Waals surface area contributed by atoms with Crippen LogP contribution in [-0.4, -0.2) is 47.3 Å². The largest absolute Gasteiger partial charge is 0.323 e. The van der Waals surface area contributed by atoms with Gasteiger partial charge in [-0.2, -0.15) is 4.98 Å². The van der Waals surface area contributed by atoms with E-state index in [1.165, 1.54) is 32.1 Å². The summed E-state index contributed by atoms with van der Waals surface area (Å²) in [5, 5.41) is 3.66. The molecule has 5 nitrogen and oxygen atoms in total. The van der Waals surface area contributed by atoms with Crippen LogP contribution >= 0.6 is 0 Å². The number of likely N-dealkylation sites (tertiary alicyclic amines) is 1. The van der Waals surface area contributed by atoms with Crippen molar-refractivity contribution in [2.24, 2.45) is 0 Å². The highest BCUT2D eigenvalue weighted by Gasteiger charge is 2.45. The van der Waals surface area contributed by atoms with Gasteiger partial charge >= 0.3 is 6.01 Å². The second kappa shape index (κ2) is 3.20. The molecule has 3 heterocycles. The van der Waals surface area contributed by atoms with Gasteiger partial charge in [0.25, 0.3) is 0 Å². The molecular formula is C10H16N4O. The maximum Gasteiger partial charge on any atom is 0.323 e. The van der Waals surface area contributed by atoms with Gasteiger partial charge in [-0.3, -0.25) is 4.90 Å². The van der Waals surface area contributed by atoms with Crippen LogP contribution in [0.4, 0.5) is 6.01 Å². The third kappa shape index (κ3) is 1.33. The van der Waals surface area contributed by atoms with Gasteiger partial charge < -0.3 is 9.42 Å². The average Bonchev–Trinajstić information content (AvgIpc) is 2.92. The maximum atomic E-state index is 5.10. The first kappa shape index (κ1) is 9.15. The van der Waals surface area contributed by atoms with Crippen molar-refractivity contribution >= 4 is 6.01 Å². The number of anilines is 1. The van der Waals surface area contributed by atoms with Crippen LogP contribution in [0.5, 0.6) is 0 Å². The molecule has 2 saturated heterocycles. The normalized spacial score (nSPS) is 31.9. The van der Waals surface area contributed by atoms with Crippen LogP contribution in [-0.2, 0) is 0 Å². The van der Waals surface area contributed by atoms with E-state index >= 15 is 0 Å². The van der Waals surface area contributed by atoms with Crippen LogP contribution in [0.1, 0.15) is 19.3 Å². The second-order valence-electron chi connectivity index (χ2n) is 4.64. The molecule has 0 radical (unpaired) electrons. The van der Waals surface area contributed by atoms with Crippen LogP contribution in [0.2, 0.25) is 0 Å². The molecule has 1 atom stereocenters. The van der Waals surface area contributed by atoms with Crippen LogP contribution in [0.15, 0.2) is 10.9 Å².